The minimum atomic E-state index is -0.688. The lowest BCUT2D eigenvalue weighted by molar-refractivity contribution is -0.145. The van der Waals surface area contributed by atoms with Gasteiger partial charge in [-0.15, -0.1) is 0 Å². The minimum Gasteiger partial charge on any atom is -0.480 e. The zero-order valence-electron chi connectivity index (χ0n) is 12.3. The van der Waals surface area contributed by atoms with Crippen molar-refractivity contribution in [3.8, 4) is 0 Å². The Labute approximate surface area is 116 Å². The first-order chi connectivity index (χ1) is 9.05. The van der Waals surface area contributed by atoms with Crippen molar-refractivity contribution in [1.82, 2.24) is 10.2 Å². The molecule has 0 radical (unpaired) electrons. The van der Waals surface area contributed by atoms with Crippen LogP contribution >= 0.6 is 0 Å². The van der Waals surface area contributed by atoms with Gasteiger partial charge in [-0.05, 0) is 57.5 Å². The summed E-state index contributed by atoms with van der Waals surface area (Å²) in [6.45, 7) is 7.70. The predicted molar refractivity (Wildman–Crippen MR) is 76.3 cm³/mol. The van der Waals surface area contributed by atoms with E-state index in [4.69, 9.17) is 0 Å². The Kier molecular flexibility index (Phi) is 4.85. The minimum absolute atomic E-state index is 0.447. The maximum Gasteiger partial charge on any atom is 0.323 e. The third-order valence-corrected chi connectivity index (χ3v) is 4.66. The molecule has 2 rings (SSSR count). The number of carboxylic acid groups (broad SMARTS) is 1. The molecule has 1 heterocycles. The van der Waals surface area contributed by atoms with Gasteiger partial charge in [0.05, 0.1) is 0 Å². The second-order valence-corrected chi connectivity index (χ2v) is 6.46. The van der Waals surface area contributed by atoms with E-state index in [9.17, 15) is 9.90 Å². The molecule has 2 atom stereocenters. The van der Waals surface area contributed by atoms with E-state index in [-0.39, 0.29) is 0 Å². The number of nitrogens with zero attached hydrogens (tertiary/aromatic N) is 1. The molecule has 1 aliphatic carbocycles. The molecule has 0 aromatic heterocycles. The molecule has 2 fully saturated rings. The molecular weight excluding hydrogens is 240 g/mol. The molecule has 4 nitrogen and oxygen atoms in total. The normalized spacial score (nSPS) is 27.4. The van der Waals surface area contributed by atoms with E-state index >= 15 is 0 Å². The van der Waals surface area contributed by atoms with Crippen LogP contribution in [0.1, 0.15) is 52.4 Å². The van der Waals surface area contributed by atoms with Gasteiger partial charge in [-0.25, -0.2) is 0 Å². The second-order valence-electron chi connectivity index (χ2n) is 6.46. The van der Waals surface area contributed by atoms with Crippen LogP contribution in [-0.4, -0.2) is 47.2 Å². The third-order valence-electron chi connectivity index (χ3n) is 4.66. The molecule has 19 heavy (non-hydrogen) atoms. The van der Waals surface area contributed by atoms with Crippen molar-refractivity contribution in [2.45, 2.75) is 64.0 Å². The van der Waals surface area contributed by atoms with Gasteiger partial charge in [0.25, 0.3) is 0 Å². The first-order valence-corrected chi connectivity index (χ1v) is 7.79. The zero-order valence-corrected chi connectivity index (χ0v) is 12.3. The van der Waals surface area contributed by atoms with Crippen molar-refractivity contribution >= 4 is 5.97 Å². The summed E-state index contributed by atoms with van der Waals surface area (Å²) in [6.07, 6.45) is 5.97. The number of hydrogen-bond acceptors (Lipinski definition) is 3. The van der Waals surface area contributed by atoms with Crippen molar-refractivity contribution in [2.24, 2.45) is 5.92 Å². The number of carbonyl (C=O) groups is 1. The van der Waals surface area contributed by atoms with Crippen molar-refractivity contribution in [2.75, 3.05) is 19.6 Å². The molecule has 2 unspecified atom stereocenters. The van der Waals surface area contributed by atoms with E-state index < -0.39 is 11.5 Å². The third kappa shape index (κ3) is 3.93. The summed E-state index contributed by atoms with van der Waals surface area (Å²) >= 11 is 0. The molecule has 0 amide bonds. The zero-order chi connectivity index (χ0) is 13.9. The van der Waals surface area contributed by atoms with Crippen LogP contribution in [-0.2, 0) is 4.79 Å². The van der Waals surface area contributed by atoms with Gasteiger partial charge in [0.1, 0.15) is 5.54 Å². The monoisotopic (exact) mass is 268 g/mol. The Bertz CT molecular complexity index is 317. The van der Waals surface area contributed by atoms with Gasteiger partial charge in [0, 0.05) is 12.6 Å². The molecule has 1 saturated carbocycles. The van der Waals surface area contributed by atoms with Crippen molar-refractivity contribution in [3.05, 3.63) is 0 Å². The van der Waals surface area contributed by atoms with E-state index in [1.165, 1.54) is 19.5 Å². The highest BCUT2D eigenvalue weighted by molar-refractivity contribution is 5.78. The van der Waals surface area contributed by atoms with Crippen LogP contribution in [0.4, 0.5) is 0 Å². The van der Waals surface area contributed by atoms with Gasteiger partial charge in [0.2, 0.25) is 0 Å². The van der Waals surface area contributed by atoms with Crippen LogP contribution in [0, 0.1) is 5.92 Å². The molecular formula is C15H28N2O2. The summed E-state index contributed by atoms with van der Waals surface area (Å²) in [5.74, 6) is 0.136. The first-order valence-electron chi connectivity index (χ1n) is 7.79. The Morgan fingerprint density at radius 1 is 1.42 bits per heavy atom. The van der Waals surface area contributed by atoms with Crippen LogP contribution in [0.3, 0.4) is 0 Å². The van der Waals surface area contributed by atoms with Gasteiger partial charge >= 0.3 is 5.97 Å². The summed E-state index contributed by atoms with van der Waals surface area (Å²) in [4.78, 5) is 14.1. The van der Waals surface area contributed by atoms with Crippen LogP contribution in [0.25, 0.3) is 0 Å². The molecule has 0 bridgehead atoms. The number of aliphatic carboxylic acids is 1. The summed E-state index contributed by atoms with van der Waals surface area (Å²) in [5.41, 5.74) is -0.688. The van der Waals surface area contributed by atoms with Crippen molar-refractivity contribution in [1.29, 1.82) is 0 Å². The van der Waals surface area contributed by atoms with Crippen molar-refractivity contribution in [3.63, 3.8) is 0 Å². The van der Waals surface area contributed by atoms with Gasteiger partial charge in [-0.1, -0.05) is 13.8 Å². The van der Waals surface area contributed by atoms with Crippen molar-refractivity contribution < 1.29 is 9.90 Å². The van der Waals surface area contributed by atoms with Gasteiger partial charge < -0.3 is 10.0 Å². The molecule has 0 spiro atoms. The average molecular weight is 268 g/mol. The van der Waals surface area contributed by atoms with Gasteiger partial charge in [-0.3, -0.25) is 10.1 Å². The largest absolute Gasteiger partial charge is 0.480 e. The van der Waals surface area contributed by atoms with E-state index in [1.54, 1.807) is 0 Å². The van der Waals surface area contributed by atoms with Crippen LogP contribution in [0.2, 0.25) is 0 Å². The summed E-state index contributed by atoms with van der Waals surface area (Å²) in [5, 5.41) is 12.9. The average Bonchev–Trinajstić information content (AvgIpc) is 3.09. The quantitative estimate of drug-likeness (QED) is 0.708. The Hall–Kier alpha value is -0.610. The highest BCUT2D eigenvalue weighted by Crippen LogP contribution is 2.27. The number of rotatable bonds is 8. The second kappa shape index (κ2) is 6.23. The fourth-order valence-electron chi connectivity index (χ4n) is 3.12. The molecule has 4 heteroatoms. The SMILES string of the molecule is CCC(CCCN1CCC(C)C1)(NC1CC1)C(=O)O. The van der Waals surface area contributed by atoms with Crippen LogP contribution in [0.5, 0.6) is 0 Å². The maximum atomic E-state index is 11.6. The van der Waals surface area contributed by atoms with E-state index in [1.807, 2.05) is 6.92 Å². The Balaban J connectivity index is 1.80. The first kappa shape index (κ1) is 14.8. The van der Waals surface area contributed by atoms with Gasteiger partial charge in [0.15, 0.2) is 0 Å². The molecule has 110 valence electrons. The topological polar surface area (TPSA) is 52.6 Å². The van der Waals surface area contributed by atoms with E-state index in [0.29, 0.717) is 12.5 Å². The van der Waals surface area contributed by atoms with Crippen LogP contribution in [0.15, 0.2) is 0 Å². The Morgan fingerprint density at radius 2 is 2.16 bits per heavy atom. The number of carboxylic acids is 1. The fourth-order valence-corrected chi connectivity index (χ4v) is 3.12. The van der Waals surface area contributed by atoms with Gasteiger partial charge in [-0.2, -0.15) is 0 Å². The van der Waals surface area contributed by atoms with E-state index in [2.05, 4.69) is 17.1 Å². The summed E-state index contributed by atoms with van der Waals surface area (Å²) in [7, 11) is 0. The molecule has 1 saturated heterocycles. The lowest BCUT2D eigenvalue weighted by Gasteiger charge is -2.30. The van der Waals surface area contributed by atoms with Crippen LogP contribution < -0.4 is 5.32 Å². The molecule has 2 aliphatic rings. The lowest BCUT2D eigenvalue weighted by Crippen LogP contribution is -2.53. The molecule has 0 aromatic carbocycles. The number of likely N-dealkylation sites (tertiary alicyclic amines) is 1. The van der Waals surface area contributed by atoms with E-state index in [0.717, 1.165) is 38.1 Å². The Morgan fingerprint density at radius 3 is 2.63 bits per heavy atom. The summed E-state index contributed by atoms with van der Waals surface area (Å²) in [6, 6.07) is 0.447. The molecule has 2 N–H and O–H groups in total. The lowest BCUT2D eigenvalue weighted by atomic mass is 9.90. The molecule has 0 aromatic rings. The predicted octanol–water partition coefficient (Wildman–Crippen LogP) is 2.09. The highest BCUT2D eigenvalue weighted by atomic mass is 16.4. The standard InChI is InChI=1S/C15H28N2O2/c1-3-15(14(18)19,16-13-5-6-13)8-4-9-17-10-7-12(2)11-17/h12-13,16H,3-11H2,1-2H3,(H,18,19). The summed E-state index contributed by atoms with van der Waals surface area (Å²) < 4.78 is 0. The fraction of sp³-hybridized carbons (Fsp3) is 0.933. The number of hydrogen-bond donors (Lipinski definition) is 2. The smallest absolute Gasteiger partial charge is 0.323 e. The highest BCUT2D eigenvalue weighted by Gasteiger charge is 2.40. The maximum absolute atomic E-state index is 11.6. The number of nitrogens with one attached hydrogen (secondary N) is 1. The molecule has 1 aliphatic heterocycles.